The van der Waals surface area contributed by atoms with E-state index in [0.29, 0.717) is 23.0 Å². The highest BCUT2D eigenvalue weighted by Crippen LogP contribution is 2.45. The molecule has 216 valence electrons. The molecule has 2 aliphatic heterocycles. The van der Waals surface area contributed by atoms with Crippen molar-refractivity contribution in [2.75, 3.05) is 23.7 Å². The van der Waals surface area contributed by atoms with E-state index in [1.54, 1.807) is 6.07 Å². The van der Waals surface area contributed by atoms with Gasteiger partial charge in [-0.1, -0.05) is 71.7 Å². The Morgan fingerprint density at radius 1 is 0.837 bits per heavy atom. The van der Waals surface area contributed by atoms with Gasteiger partial charge in [0.2, 0.25) is 6.79 Å². The molecule has 0 spiro atoms. The Morgan fingerprint density at radius 2 is 1.53 bits per heavy atom. The van der Waals surface area contributed by atoms with Crippen molar-refractivity contribution in [1.29, 1.82) is 0 Å². The average Bonchev–Trinajstić information content (AvgIpc) is 3.74. The van der Waals surface area contributed by atoms with Crippen molar-refractivity contribution < 1.29 is 9.47 Å². The van der Waals surface area contributed by atoms with Gasteiger partial charge in [0.15, 0.2) is 11.5 Å². The molecule has 1 unspecified atom stereocenters. The maximum atomic E-state index is 6.51. The van der Waals surface area contributed by atoms with Crippen LogP contribution < -0.4 is 19.4 Å². The topological polar surface area (TPSA) is 55.1 Å². The Morgan fingerprint density at radius 3 is 2.28 bits per heavy atom. The standard InChI is InChI=1S/C34H29Cl2N5O2/c1-22-33(34(39(2)20-23-9-5-3-6-10-23)41(37-22)27-11-7-4-8-12-27)30-19-29(24-13-14-31-32(15-24)43-21-42-31)38-40(30)28-17-25(35)16-26(36)18-28/h3-18,30H,19-21H2,1-2H3. The Bertz CT molecular complexity index is 1800. The number of rotatable bonds is 7. The number of benzene rings is 4. The van der Waals surface area contributed by atoms with E-state index < -0.39 is 0 Å². The number of fused-ring (bicyclic) bond motifs is 1. The lowest BCUT2D eigenvalue weighted by Crippen LogP contribution is -2.25. The summed E-state index contributed by atoms with van der Waals surface area (Å²) in [6.07, 6.45) is 0.636. The lowest BCUT2D eigenvalue weighted by molar-refractivity contribution is 0.174. The molecular formula is C34H29Cl2N5O2. The molecule has 5 aromatic rings. The van der Waals surface area contributed by atoms with Crippen molar-refractivity contribution in [1.82, 2.24) is 9.78 Å². The predicted octanol–water partition coefficient (Wildman–Crippen LogP) is 8.21. The fourth-order valence-electron chi connectivity index (χ4n) is 5.86. The molecule has 0 radical (unpaired) electrons. The summed E-state index contributed by atoms with van der Waals surface area (Å²) in [5.41, 5.74) is 6.89. The molecular weight excluding hydrogens is 581 g/mol. The van der Waals surface area contributed by atoms with E-state index in [0.717, 1.165) is 51.2 Å². The molecule has 0 N–H and O–H groups in total. The highest BCUT2D eigenvalue weighted by atomic mass is 35.5. The third kappa shape index (κ3) is 5.31. The van der Waals surface area contributed by atoms with Crippen molar-refractivity contribution >= 4 is 40.4 Å². The SMILES string of the molecule is Cc1nn(-c2ccccc2)c(N(C)Cc2ccccc2)c1C1CC(c2ccc3c(c2)OCO3)=NN1c1cc(Cl)cc(Cl)c1. The zero-order valence-electron chi connectivity index (χ0n) is 23.7. The minimum atomic E-state index is -0.180. The van der Waals surface area contributed by atoms with E-state index in [4.69, 9.17) is 42.9 Å². The molecule has 0 saturated heterocycles. The van der Waals surface area contributed by atoms with Crippen LogP contribution in [0.15, 0.2) is 102 Å². The number of hydrazone groups is 1. The Labute approximate surface area is 260 Å². The molecule has 2 aliphatic rings. The van der Waals surface area contributed by atoms with Gasteiger partial charge >= 0.3 is 0 Å². The maximum Gasteiger partial charge on any atom is 0.231 e. The number of hydrogen-bond donors (Lipinski definition) is 0. The number of ether oxygens (including phenoxy) is 2. The van der Waals surface area contributed by atoms with Crippen LogP contribution in [0, 0.1) is 6.92 Å². The molecule has 43 heavy (non-hydrogen) atoms. The van der Waals surface area contributed by atoms with Gasteiger partial charge in [0.05, 0.1) is 28.8 Å². The third-order valence-corrected chi connectivity index (χ3v) is 8.20. The van der Waals surface area contributed by atoms with Gasteiger partial charge in [-0.2, -0.15) is 10.2 Å². The van der Waals surface area contributed by atoms with Gasteiger partial charge in [-0.05, 0) is 61.0 Å². The largest absolute Gasteiger partial charge is 0.454 e. The van der Waals surface area contributed by atoms with E-state index in [1.807, 2.05) is 64.3 Å². The lowest BCUT2D eigenvalue weighted by Gasteiger charge is -2.28. The predicted molar refractivity (Wildman–Crippen MR) is 172 cm³/mol. The molecule has 7 nitrogen and oxygen atoms in total. The fraction of sp³-hybridized carbons (Fsp3) is 0.176. The number of nitrogens with zero attached hydrogens (tertiary/aromatic N) is 5. The second kappa shape index (κ2) is 11.3. The summed E-state index contributed by atoms with van der Waals surface area (Å²) >= 11 is 13.0. The van der Waals surface area contributed by atoms with Crippen molar-refractivity contribution in [2.24, 2.45) is 5.10 Å². The zero-order chi connectivity index (χ0) is 29.5. The number of aromatic nitrogens is 2. The summed E-state index contributed by atoms with van der Waals surface area (Å²) in [7, 11) is 2.11. The smallest absolute Gasteiger partial charge is 0.231 e. The summed E-state index contributed by atoms with van der Waals surface area (Å²) in [6, 6.07) is 32.0. The molecule has 0 bridgehead atoms. The number of aryl methyl sites for hydroxylation is 1. The quantitative estimate of drug-likeness (QED) is 0.186. The normalized spacial score (nSPS) is 15.6. The Kier molecular flexibility index (Phi) is 7.21. The fourth-order valence-corrected chi connectivity index (χ4v) is 6.38. The number of hydrogen-bond acceptors (Lipinski definition) is 6. The summed E-state index contributed by atoms with van der Waals surface area (Å²) in [6.45, 7) is 2.99. The van der Waals surface area contributed by atoms with Crippen LogP contribution in [0.3, 0.4) is 0 Å². The summed E-state index contributed by atoms with van der Waals surface area (Å²) < 4.78 is 13.3. The van der Waals surface area contributed by atoms with Crippen molar-refractivity contribution in [3.63, 3.8) is 0 Å². The first-order valence-electron chi connectivity index (χ1n) is 14.1. The van der Waals surface area contributed by atoms with Gasteiger partial charge in [-0.15, -0.1) is 0 Å². The zero-order valence-corrected chi connectivity index (χ0v) is 25.3. The molecule has 0 amide bonds. The summed E-state index contributed by atoms with van der Waals surface area (Å²) in [4.78, 5) is 2.26. The molecule has 1 atom stereocenters. The van der Waals surface area contributed by atoms with Crippen LogP contribution in [0.25, 0.3) is 5.69 Å². The molecule has 9 heteroatoms. The third-order valence-electron chi connectivity index (χ3n) is 7.77. The lowest BCUT2D eigenvalue weighted by atomic mass is 9.97. The van der Waals surface area contributed by atoms with E-state index >= 15 is 0 Å². The van der Waals surface area contributed by atoms with Crippen molar-refractivity contribution in [3.05, 3.63) is 129 Å². The van der Waals surface area contributed by atoms with E-state index in [2.05, 4.69) is 55.3 Å². The van der Waals surface area contributed by atoms with Crippen LogP contribution in [0.1, 0.15) is 34.8 Å². The maximum absolute atomic E-state index is 6.51. The molecule has 0 fully saturated rings. The van der Waals surface area contributed by atoms with Gasteiger partial charge in [0, 0.05) is 41.2 Å². The minimum Gasteiger partial charge on any atom is -0.454 e. The van der Waals surface area contributed by atoms with Crippen LogP contribution >= 0.6 is 23.2 Å². The van der Waals surface area contributed by atoms with Gasteiger partial charge in [0.25, 0.3) is 0 Å². The first kappa shape index (κ1) is 27.4. The highest BCUT2D eigenvalue weighted by molar-refractivity contribution is 6.35. The van der Waals surface area contributed by atoms with Crippen LogP contribution in [-0.4, -0.2) is 29.3 Å². The van der Waals surface area contributed by atoms with Crippen LogP contribution in [0.2, 0.25) is 10.0 Å². The molecule has 3 heterocycles. The Hall–Kier alpha value is -4.46. The molecule has 1 aromatic heterocycles. The van der Waals surface area contributed by atoms with E-state index in [9.17, 15) is 0 Å². The van der Waals surface area contributed by atoms with Gasteiger partial charge in [-0.25, -0.2) is 4.68 Å². The molecule has 4 aromatic carbocycles. The molecule has 7 rings (SSSR count). The van der Waals surface area contributed by atoms with Gasteiger partial charge in [0.1, 0.15) is 5.82 Å². The summed E-state index contributed by atoms with van der Waals surface area (Å²) in [5.74, 6) is 2.46. The van der Waals surface area contributed by atoms with Crippen LogP contribution in [0.4, 0.5) is 11.5 Å². The monoisotopic (exact) mass is 609 g/mol. The summed E-state index contributed by atoms with van der Waals surface area (Å²) in [5, 5.41) is 13.4. The Balaban J connectivity index is 1.38. The van der Waals surface area contributed by atoms with Crippen molar-refractivity contribution in [2.45, 2.75) is 25.9 Å². The average molecular weight is 611 g/mol. The number of para-hydroxylation sites is 1. The molecule has 0 saturated carbocycles. The first-order valence-corrected chi connectivity index (χ1v) is 14.8. The second-order valence-electron chi connectivity index (χ2n) is 10.7. The number of anilines is 2. The minimum absolute atomic E-state index is 0.180. The van der Waals surface area contributed by atoms with E-state index in [1.165, 1.54) is 5.56 Å². The molecule has 0 aliphatic carbocycles. The van der Waals surface area contributed by atoms with Crippen LogP contribution in [0.5, 0.6) is 11.5 Å². The van der Waals surface area contributed by atoms with Crippen LogP contribution in [-0.2, 0) is 6.54 Å². The van der Waals surface area contributed by atoms with E-state index in [-0.39, 0.29) is 12.8 Å². The highest BCUT2D eigenvalue weighted by Gasteiger charge is 2.37. The van der Waals surface area contributed by atoms with Gasteiger partial charge < -0.3 is 14.4 Å². The van der Waals surface area contributed by atoms with Gasteiger partial charge in [-0.3, -0.25) is 5.01 Å². The number of halogens is 2. The first-order chi connectivity index (χ1) is 20.9. The van der Waals surface area contributed by atoms with Crippen molar-refractivity contribution in [3.8, 4) is 17.2 Å². The second-order valence-corrected chi connectivity index (χ2v) is 11.6.